The Balaban J connectivity index is 2.36. The maximum Gasteiger partial charge on any atom is 0.312 e. The van der Waals surface area contributed by atoms with Crippen LogP contribution >= 0.6 is 0 Å². The van der Waals surface area contributed by atoms with Crippen LogP contribution in [0.4, 0.5) is 0 Å². The number of esters is 1. The highest BCUT2D eigenvalue weighted by Crippen LogP contribution is 2.33. The van der Waals surface area contributed by atoms with E-state index in [1.165, 1.54) is 0 Å². The number of hydrogen-bond donors (Lipinski definition) is 1. The molecule has 1 saturated heterocycles. The zero-order valence-electron chi connectivity index (χ0n) is 10.4. The van der Waals surface area contributed by atoms with Crippen LogP contribution in [-0.4, -0.2) is 39.4 Å². The van der Waals surface area contributed by atoms with Crippen molar-refractivity contribution in [2.24, 2.45) is 5.41 Å². The van der Waals surface area contributed by atoms with Gasteiger partial charge in [-0.3, -0.25) is 4.79 Å². The van der Waals surface area contributed by atoms with E-state index in [0.29, 0.717) is 13.2 Å². The monoisotopic (exact) mass is 229 g/mol. The molecular weight excluding hydrogens is 206 g/mol. The first-order valence-corrected chi connectivity index (χ1v) is 6.12. The third-order valence-electron chi connectivity index (χ3n) is 3.40. The van der Waals surface area contributed by atoms with Crippen molar-refractivity contribution in [1.29, 1.82) is 0 Å². The molecule has 1 rings (SSSR count). The lowest BCUT2D eigenvalue weighted by Gasteiger charge is -2.34. The summed E-state index contributed by atoms with van der Waals surface area (Å²) >= 11 is 0. The number of rotatable bonds is 6. The van der Waals surface area contributed by atoms with Crippen molar-refractivity contribution in [3.05, 3.63) is 0 Å². The van der Waals surface area contributed by atoms with E-state index >= 15 is 0 Å². The molecule has 0 bridgehead atoms. The lowest BCUT2D eigenvalue weighted by molar-refractivity contribution is -0.158. The normalized spacial score (nSPS) is 19.4. The van der Waals surface area contributed by atoms with Gasteiger partial charge in [0.05, 0.1) is 12.0 Å². The molecule has 0 atom stereocenters. The minimum Gasteiger partial charge on any atom is -0.465 e. The van der Waals surface area contributed by atoms with Gasteiger partial charge >= 0.3 is 5.97 Å². The summed E-state index contributed by atoms with van der Waals surface area (Å²) in [4.78, 5) is 12.0. The molecule has 0 unspecified atom stereocenters. The number of piperidine rings is 1. The van der Waals surface area contributed by atoms with Gasteiger partial charge in [0, 0.05) is 20.1 Å². The molecule has 4 heteroatoms. The number of carbonyl (C=O) groups is 1. The second-order valence-corrected chi connectivity index (χ2v) is 4.37. The lowest BCUT2D eigenvalue weighted by atomic mass is 9.77. The van der Waals surface area contributed by atoms with E-state index < -0.39 is 0 Å². The van der Waals surface area contributed by atoms with Gasteiger partial charge in [-0.05, 0) is 32.4 Å². The molecule has 0 radical (unpaired) electrons. The summed E-state index contributed by atoms with van der Waals surface area (Å²) < 4.78 is 10.3. The van der Waals surface area contributed by atoms with Crippen LogP contribution in [0.25, 0.3) is 0 Å². The van der Waals surface area contributed by atoms with Crippen LogP contribution in [0.1, 0.15) is 32.6 Å². The van der Waals surface area contributed by atoms with Gasteiger partial charge in [-0.15, -0.1) is 0 Å². The summed E-state index contributed by atoms with van der Waals surface area (Å²) in [5.41, 5.74) is -0.238. The molecule has 0 aromatic rings. The highest BCUT2D eigenvalue weighted by atomic mass is 16.5. The summed E-state index contributed by atoms with van der Waals surface area (Å²) in [5, 5.41) is 3.28. The van der Waals surface area contributed by atoms with Crippen molar-refractivity contribution in [3.63, 3.8) is 0 Å². The maximum atomic E-state index is 12.0. The van der Waals surface area contributed by atoms with E-state index in [9.17, 15) is 4.79 Å². The molecule has 16 heavy (non-hydrogen) atoms. The van der Waals surface area contributed by atoms with Gasteiger partial charge in [0.2, 0.25) is 0 Å². The molecule has 0 aliphatic carbocycles. The SMILES string of the molecule is CCC1(C(=O)OCCCOC)CCNCC1. The number of hydrogen-bond acceptors (Lipinski definition) is 4. The lowest BCUT2D eigenvalue weighted by Crippen LogP contribution is -2.42. The molecule has 4 nitrogen and oxygen atoms in total. The minimum atomic E-state index is -0.238. The van der Waals surface area contributed by atoms with Gasteiger partial charge in [-0.25, -0.2) is 0 Å². The van der Waals surface area contributed by atoms with Crippen LogP contribution in [0, 0.1) is 5.41 Å². The molecule has 1 aliphatic rings. The second kappa shape index (κ2) is 6.86. The van der Waals surface area contributed by atoms with Crippen LogP contribution in [0.2, 0.25) is 0 Å². The fraction of sp³-hybridized carbons (Fsp3) is 0.917. The quantitative estimate of drug-likeness (QED) is 0.551. The fourth-order valence-electron chi connectivity index (χ4n) is 2.13. The number of ether oxygens (including phenoxy) is 2. The van der Waals surface area contributed by atoms with Gasteiger partial charge in [-0.2, -0.15) is 0 Å². The van der Waals surface area contributed by atoms with Gasteiger partial charge in [0.25, 0.3) is 0 Å². The fourth-order valence-corrected chi connectivity index (χ4v) is 2.13. The Kier molecular flexibility index (Phi) is 5.77. The topological polar surface area (TPSA) is 47.6 Å². The Morgan fingerprint density at radius 2 is 2.00 bits per heavy atom. The maximum absolute atomic E-state index is 12.0. The molecule has 94 valence electrons. The molecule has 0 amide bonds. The van der Waals surface area contributed by atoms with Gasteiger partial charge in [0.15, 0.2) is 0 Å². The van der Waals surface area contributed by atoms with Crippen molar-refractivity contribution in [3.8, 4) is 0 Å². The number of carbonyl (C=O) groups excluding carboxylic acids is 1. The Morgan fingerprint density at radius 3 is 2.56 bits per heavy atom. The van der Waals surface area contributed by atoms with Crippen molar-refractivity contribution in [2.75, 3.05) is 33.4 Å². The smallest absolute Gasteiger partial charge is 0.312 e. The molecule has 1 N–H and O–H groups in total. The first-order chi connectivity index (χ1) is 7.75. The summed E-state index contributed by atoms with van der Waals surface area (Å²) in [5.74, 6) is -0.0207. The Morgan fingerprint density at radius 1 is 1.31 bits per heavy atom. The van der Waals surface area contributed by atoms with Crippen molar-refractivity contribution >= 4 is 5.97 Å². The van der Waals surface area contributed by atoms with Crippen LogP contribution in [0.5, 0.6) is 0 Å². The minimum absolute atomic E-state index is 0.0207. The highest BCUT2D eigenvalue weighted by Gasteiger charge is 2.39. The first kappa shape index (κ1) is 13.5. The third-order valence-corrected chi connectivity index (χ3v) is 3.40. The van der Waals surface area contributed by atoms with Crippen LogP contribution in [0.15, 0.2) is 0 Å². The number of nitrogens with one attached hydrogen (secondary N) is 1. The van der Waals surface area contributed by atoms with Crippen LogP contribution in [0.3, 0.4) is 0 Å². The van der Waals surface area contributed by atoms with Crippen molar-refractivity contribution in [2.45, 2.75) is 32.6 Å². The van der Waals surface area contributed by atoms with E-state index in [4.69, 9.17) is 9.47 Å². The van der Waals surface area contributed by atoms with Crippen molar-refractivity contribution in [1.82, 2.24) is 5.32 Å². The van der Waals surface area contributed by atoms with Crippen molar-refractivity contribution < 1.29 is 14.3 Å². The molecular formula is C12H23NO3. The molecule has 0 aromatic heterocycles. The zero-order valence-corrected chi connectivity index (χ0v) is 10.4. The summed E-state index contributed by atoms with van der Waals surface area (Å²) in [6.45, 7) is 5.03. The summed E-state index contributed by atoms with van der Waals surface area (Å²) in [6, 6.07) is 0. The Hall–Kier alpha value is -0.610. The average molecular weight is 229 g/mol. The summed E-state index contributed by atoms with van der Waals surface area (Å²) in [6.07, 6.45) is 3.44. The number of methoxy groups -OCH3 is 1. The van der Waals surface area contributed by atoms with Crippen LogP contribution < -0.4 is 5.32 Å². The average Bonchev–Trinajstić information content (AvgIpc) is 2.35. The van der Waals surface area contributed by atoms with E-state index in [1.54, 1.807) is 7.11 Å². The predicted octanol–water partition coefficient (Wildman–Crippen LogP) is 1.35. The van der Waals surface area contributed by atoms with Crippen LogP contribution in [-0.2, 0) is 14.3 Å². The van der Waals surface area contributed by atoms with Gasteiger partial charge in [-0.1, -0.05) is 6.92 Å². The molecule has 1 heterocycles. The molecule has 0 aromatic carbocycles. The van der Waals surface area contributed by atoms with Gasteiger partial charge < -0.3 is 14.8 Å². The van der Waals surface area contributed by atoms with E-state index in [0.717, 1.165) is 38.8 Å². The van der Waals surface area contributed by atoms with Gasteiger partial charge in [0.1, 0.15) is 0 Å². The van der Waals surface area contributed by atoms with E-state index in [2.05, 4.69) is 12.2 Å². The van der Waals surface area contributed by atoms with E-state index in [-0.39, 0.29) is 11.4 Å². The molecule has 0 spiro atoms. The Bertz CT molecular complexity index is 212. The second-order valence-electron chi connectivity index (χ2n) is 4.37. The zero-order chi connectivity index (χ0) is 11.9. The molecule has 1 fully saturated rings. The molecule has 0 saturated carbocycles. The Labute approximate surface area is 97.7 Å². The third kappa shape index (κ3) is 3.46. The first-order valence-electron chi connectivity index (χ1n) is 6.12. The predicted molar refractivity (Wildman–Crippen MR) is 62.3 cm³/mol. The highest BCUT2D eigenvalue weighted by molar-refractivity contribution is 5.77. The largest absolute Gasteiger partial charge is 0.465 e. The standard InChI is InChI=1S/C12H23NO3/c1-3-12(5-7-13-8-6-12)11(14)16-10-4-9-15-2/h13H,3-10H2,1-2H3. The van der Waals surface area contributed by atoms with E-state index in [1.807, 2.05) is 0 Å². The molecule has 1 aliphatic heterocycles. The summed E-state index contributed by atoms with van der Waals surface area (Å²) in [7, 11) is 1.65.